The summed E-state index contributed by atoms with van der Waals surface area (Å²) in [5.41, 5.74) is 8.20. The third-order valence-corrected chi connectivity index (χ3v) is 3.24. The van der Waals surface area contributed by atoms with E-state index in [2.05, 4.69) is 13.0 Å². The maximum Gasteiger partial charge on any atom is 0.256 e. The summed E-state index contributed by atoms with van der Waals surface area (Å²) in [6, 6.07) is 5.28. The number of nitrogens with two attached hydrogens (primary N) is 1. The van der Waals surface area contributed by atoms with Crippen molar-refractivity contribution < 1.29 is 9.53 Å². The zero-order chi connectivity index (χ0) is 13.1. The molecule has 2 N–H and O–H groups in total. The summed E-state index contributed by atoms with van der Waals surface area (Å²) in [6.45, 7) is 3.49. The van der Waals surface area contributed by atoms with Crippen LogP contribution in [-0.2, 0) is 0 Å². The fourth-order valence-corrected chi connectivity index (χ4v) is 2.03. The Labute approximate surface area is 107 Å². The lowest BCUT2D eigenvalue weighted by Gasteiger charge is -2.26. The number of methoxy groups -OCH3 is 1. The summed E-state index contributed by atoms with van der Waals surface area (Å²) < 4.78 is 5.13. The van der Waals surface area contributed by atoms with Crippen molar-refractivity contribution in [2.75, 3.05) is 25.9 Å². The average molecular weight is 246 g/mol. The van der Waals surface area contributed by atoms with Gasteiger partial charge in [-0.05, 0) is 25.5 Å². The van der Waals surface area contributed by atoms with Crippen molar-refractivity contribution in [3.05, 3.63) is 35.4 Å². The topological polar surface area (TPSA) is 55.6 Å². The molecular formula is C14H18N2O2. The molecule has 1 heterocycles. The highest BCUT2D eigenvalue weighted by atomic mass is 16.5. The van der Waals surface area contributed by atoms with E-state index in [1.807, 2.05) is 0 Å². The first kappa shape index (κ1) is 12.5. The fourth-order valence-electron chi connectivity index (χ4n) is 2.03. The Kier molecular flexibility index (Phi) is 3.55. The first-order valence-electron chi connectivity index (χ1n) is 6.01. The number of nitrogen functional groups attached to an aromatic ring is 1. The van der Waals surface area contributed by atoms with Crippen molar-refractivity contribution in [2.45, 2.75) is 13.3 Å². The summed E-state index contributed by atoms with van der Waals surface area (Å²) in [4.78, 5) is 14.2. The van der Waals surface area contributed by atoms with Gasteiger partial charge in [0.15, 0.2) is 0 Å². The lowest BCUT2D eigenvalue weighted by molar-refractivity contribution is 0.0770. The van der Waals surface area contributed by atoms with Gasteiger partial charge in [0.2, 0.25) is 0 Å². The van der Waals surface area contributed by atoms with Gasteiger partial charge in [0.25, 0.3) is 5.91 Å². The van der Waals surface area contributed by atoms with Crippen molar-refractivity contribution >= 4 is 11.6 Å². The molecule has 96 valence electrons. The standard InChI is InChI=1S/C14H18N2O2/c1-10-6-8-16(9-7-10)14(17)11-4-3-5-12(18-2)13(11)15/h3-6H,7-9,15H2,1-2H3. The predicted molar refractivity (Wildman–Crippen MR) is 71.7 cm³/mol. The second-order valence-electron chi connectivity index (χ2n) is 4.47. The first-order chi connectivity index (χ1) is 8.63. The van der Waals surface area contributed by atoms with E-state index in [4.69, 9.17) is 10.5 Å². The van der Waals surface area contributed by atoms with Crippen LogP contribution in [0.25, 0.3) is 0 Å². The molecule has 4 nitrogen and oxygen atoms in total. The molecule has 0 saturated carbocycles. The van der Waals surface area contributed by atoms with E-state index in [9.17, 15) is 4.79 Å². The number of nitrogens with zero attached hydrogens (tertiary/aromatic N) is 1. The van der Waals surface area contributed by atoms with Gasteiger partial charge in [-0.15, -0.1) is 0 Å². The zero-order valence-corrected chi connectivity index (χ0v) is 10.8. The number of para-hydroxylation sites is 1. The molecule has 0 unspecified atom stereocenters. The Hall–Kier alpha value is -1.97. The lowest BCUT2D eigenvalue weighted by atomic mass is 10.1. The van der Waals surface area contributed by atoms with Crippen molar-refractivity contribution in [3.63, 3.8) is 0 Å². The molecule has 0 fully saturated rings. The maximum absolute atomic E-state index is 12.4. The van der Waals surface area contributed by atoms with E-state index in [0.29, 0.717) is 23.5 Å². The molecule has 0 atom stereocenters. The number of anilines is 1. The highest BCUT2D eigenvalue weighted by Gasteiger charge is 2.20. The highest BCUT2D eigenvalue weighted by molar-refractivity contribution is 6.00. The van der Waals surface area contributed by atoms with Crippen LogP contribution in [0.3, 0.4) is 0 Å². The number of hydrogen-bond donors (Lipinski definition) is 1. The fraction of sp³-hybridized carbons (Fsp3) is 0.357. The van der Waals surface area contributed by atoms with Crippen LogP contribution in [-0.4, -0.2) is 31.0 Å². The quantitative estimate of drug-likeness (QED) is 0.642. The molecule has 1 aliphatic heterocycles. The summed E-state index contributed by atoms with van der Waals surface area (Å²) in [6.07, 6.45) is 3.01. The molecule has 0 bridgehead atoms. The van der Waals surface area contributed by atoms with Crippen LogP contribution in [0.15, 0.2) is 29.8 Å². The van der Waals surface area contributed by atoms with Crippen molar-refractivity contribution in [1.29, 1.82) is 0 Å². The molecule has 0 aromatic heterocycles. The number of carbonyl (C=O) groups is 1. The Morgan fingerprint density at radius 2 is 2.22 bits per heavy atom. The molecule has 18 heavy (non-hydrogen) atoms. The minimum Gasteiger partial charge on any atom is -0.495 e. The lowest BCUT2D eigenvalue weighted by Crippen LogP contribution is -2.35. The van der Waals surface area contributed by atoms with E-state index >= 15 is 0 Å². The number of benzene rings is 1. The number of rotatable bonds is 2. The van der Waals surface area contributed by atoms with Crippen LogP contribution in [0.1, 0.15) is 23.7 Å². The van der Waals surface area contributed by atoms with Gasteiger partial charge in [-0.2, -0.15) is 0 Å². The van der Waals surface area contributed by atoms with Crippen LogP contribution in [0, 0.1) is 0 Å². The number of carbonyl (C=O) groups excluding carboxylic acids is 1. The Balaban J connectivity index is 2.24. The monoisotopic (exact) mass is 246 g/mol. The van der Waals surface area contributed by atoms with Gasteiger partial charge in [-0.3, -0.25) is 4.79 Å². The number of hydrogen-bond acceptors (Lipinski definition) is 3. The van der Waals surface area contributed by atoms with Crippen molar-refractivity contribution in [2.24, 2.45) is 0 Å². The second kappa shape index (κ2) is 5.12. The Morgan fingerprint density at radius 1 is 1.44 bits per heavy atom. The second-order valence-corrected chi connectivity index (χ2v) is 4.47. The summed E-state index contributed by atoms with van der Waals surface area (Å²) in [7, 11) is 1.55. The van der Waals surface area contributed by atoms with Gasteiger partial charge in [0.1, 0.15) is 5.75 Å². The van der Waals surface area contributed by atoms with Crippen molar-refractivity contribution in [1.82, 2.24) is 4.90 Å². The van der Waals surface area contributed by atoms with Crippen LogP contribution in [0.2, 0.25) is 0 Å². The van der Waals surface area contributed by atoms with Crippen molar-refractivity contribution in [3.8, 4) is 5.75 Å². The molecule has 0 aliphatic carbocycles. The van der Waals surface area contributed by atoms with Crippen LogP contribution in [0.4, 0.5) is 5.69 Å². The van der Waals surface area contributed by atoms with E-state index in [-0.39, 0.29) is 5.91 Å². The molecule has 0 radical (unpaired) electrons. The molecule has 0 spiro atoms. The average Bonchev–Trinajstić information content (AvgIpc) is 2.39. The molecule has 2 rings (SSSR count). The summed E-state index contributed by atoms with van der Waals surface area (Å²) in [5, 5.41) is 0. The van der Waals surface area contributed by atoms with Gasteiger partial charge < -0.3 is 15.4 Å². The van der Waals surface area contributed by atoms with E-state index in [1.165, 1.54) is 5.57 Å². The third-order valence-electron chi connectivity index (χ3n) is 3.24. The zero-order valence-electron chi connectivity index (χ0n) is 10.8. The minimum atomic E-state index is -0.0323. The van der Waals surface area contributed by atoms with Gasteiger partial charge >= 0.3 is 0 Å². The first-order valence-corrected chi connectivity index (χ1v) is 6.01. The van der Waals surface area contributed by atoms with E-state index in [0.717, 1.165) is 13.0 Å². The van der Waals surface area contributed by atoms with E-state index in [1.54, 1.807) is 30.2 Å². The highest BCUT2D eigenvalue weighted by Crippen LogP contribution is 2.26. The van der Waals surface area contributed by atoms with Gasteiger partial charge in [0.05, 0.1) is 18.4 Å². The SMILES string of the molecule is COc1cccc(C(=O)N2CC=C(C)CC2)c1N. The summed E-state index contributed by atoms with van der Waals surface area (Å²) >= 11 is 0. The Bertz CT molecular complexity index is 495. The normalized spacial score (nSPS) is 15.2. The largest absolute Gasteiger partial charge is 0.495 e. The van der Waals surface area contributed by atoms with Gasteiger partial charge in [0, 0.05) is 13.1 Å². The molecule has 1 amide bonds. The number of ether oxygens (including phenoxy) is 1. The number of amides is 1. The summed E-state index contributed by atoms with van der Waals surface area (Å²) in [5.74, 6) is 0.514. The van der Waals surface area contributed by atoms with Crippen LogP contribution in [0.5, 0.6) is 5.75 Å². The van der Waals surface area contributed by atoms with Gasteiger partial charge in [-0.1, -0.05) is 17.7 Å². The predicted octanol–water partition coefficient (Wildman–Crippen LogP) is 2.07. The molecule has 0 saturated heterocycles. The molecule has 1 aliphatic rings. The van der Waals surface area contributed by atoms with Crippen LogP contribution < -0.4 is 10.5 Å². The Morgan fingerprint density at radius 3 is 2.83 bits per heavy atom. The maximum atomic E-state index is 12.4. The molecule has 1 aromatic carbocycles. The van der Waals surface area contributed by atoms with E-state index < -0.39 is 0 Å². The molecular weight excluding hydrogens is 228 g/mol. The van der Waals surface area contributed by atoms with Gasteiger partial charge in [-0.25, -0.2) is 0 Å². The minimum absolute atomic E-state index is 0.0323. The molecule has 4 heteroatoms. The van der Waals surface area contributed by atoms with Crippen LogP contribution >= 0.6 is 0 Å². The third kappa shape index (κ3) is 2.32. The molecule has 1 aromatic rings. The smallest absolute Gasteiger partial charge is 0.256 e.